The number of hydrogen-bond donors (Lipinski definition) is 0. The second kappa shape index (κ2) is 5.68. The van der Waals surface area contributed by atoms with Crippen LogP contribution in [0.15, 0.2) is 27.4 Å². The Kier molecular flexibility index (Phi) is 3.89. The predicted molar refractivity (Wildman–Crippen MR) is 87.5 cm³/mol. The van der Waals surface area contributed by atoms with Gasteiger partial charge in [0, 0.05) is 5.39 Å². The molecule has 1 fully saturated rings. The van der Waals surface area contributed by atoms with Crippen LogP contribution >= 0.6 is 0 Å². The van der Waals surface area contributed by atoms with Crippen molar-refractivity contribution in [2.75, 3.05) is 17.3 Å². The summed E-state index contributed by atoms with van der Waals surface area (Å²) >= 11 is 0. The van der Waals surface area contributed by atoms with Crippen LogP contribution in [-0.4, -0.2) is 23.0 Å². The van der Waals surface area contributed by atoms with E-state index in [1.54, 1.807) is 6.07 Å². The maximum absolute atomic E-state index is 12.4. The van der Waals surface area contributed by atoms with Gasteiger partial charge in [-0.05, 0) is 66.9 Å². The molecule has 3 nitrogen and oxygen atoms in total. The summed E-state index contributed by atoms with van der Waals surface area (Å²) in [5.74, 6) is 2.70. The zero-order chi connectivity index (χ0) is 15.0. The van der Waals surface area contributed by atoms with E-state index in [0.29, 0.717) is 11.3 Å². The molecule has 0 saturated carbocycles. The summed E-state index contributed by atoms with van der Waals surface area (Å²) < 4.78 is 5.34. The topological polar surface area (TPSA) is 47.3 Å². The number of benzene rings is 1. The van der Waals surface area contributed by atoms with Gasteiger partial charge in [-0.3, -0.25) is 4.79 Å². The molecule has 0 atom stereocenters. The highest BCUT2D eigenvalue weighted by Crippen LogP contribution is 2.20. The molecule has 1 aromatic heterocycles. The van der Waals surface area contributed by atoms with Crippen molar-refractivity contribution < 1.29 is 9.21 Å². The molecule has 2 aromatic rings. The lowest BCUT2D eigenvalue weighted by Gasteiger charge is -2.05. The maximum Gasteiger partial charge on any atom is 0.347 e. The summed E-state index contributed by atoms with van der Waals surface area (Å²) in [6.07, 6.45) is 2.42. The van der Waals surface area contributed by atoms with Gasteiger partial charge in [-0.25, -0.2) is 4.79 Å². The lowest BCUT2D eigenvalue weighted by atomic mass is 10.1. The van der Waals surface area contributed by atoms with Gasteiger partial charge in [0.2, 0.25) is 5.78 Å². The standard InChI is InChI=1S/C17H19O3S/c1-11-7-13-9-14(15(18)10-21-5-3-4-6-21)17(19)20-16(13)8-12(11)2/h7-9H,3-6,10H2,1-2H3/q+1. The van der Waals surface area contributed by atoms with E-state index in [4.69, 9.17) is 4.42 Å². The Morgan fingerprint density at radius 1 is 1.14 bits per heavy atom. The summed E-state index contributed by atoms with van der Waals surface area (Å²) in [5.41, 5.74) is 2.48. The molecule has 1 saturated heterocycles. The van der Waals surface area contributed by atoms with Crippen molar-refractivity contribution >= 4 is 27.6 Å². The molecule has 2 heterocycles. The fourth-order valence-corrected chi connectivity index (χ4v) is 4.94. The number of rotatable bonds is 3. The minimum absolute atomic E-state index is 0.0610. The Morgan fingerprint density at radius 2 is 1.81 bits per heavy atom. The van der Waals surface area contributed by atoms with Crippen LogP contribution in [0.1, 0.15) is 34.3 Å². The number of ketones is 1. The van der Waals surface area contributed by atoms with Gasteiger partial charge in [-0.2, -0.15) is 0 Å². The minimum Gasteiger partial charge on any atom is -0.422 e. The van der Waals surface area contributed by atoms with E-state index in [1.807, 2.05) is 26.0 Å². The van der Waals surface area contributed by atoms with Crippen LogP contribution in [0.2, 0.25) is 0 Å². The van der Waals surface area contributed by atoms with E-state index >= 15 is 0 Å². The van der Waals surface area contributed by atoms with Crippen molar-refractivity contribution in [3.8, 4) is 0 Å². The van der Waals surface area contributed by atoms with Crippen LogP contribution in [0.5, 0.6) is 0 Å². The molecule has 1 aliphatic rings. The molecule has 0 amide bonds. The molecule has 1 aromatic carbocycles. The molecule has 4 heteroatoms. The van der Waals surface area contributed by atoms with Crippen LogP contribution < -0.4 is 5.63 Å². The number of Topliss-reactive ketones (excluding diaryl/α,β-unsaturated/α-hetero) is 1. The molecule has 3 rings (SSSR count). The molecule has 0 spiro atoms. The Labute approximate surface area is 126 Å². The fraction of sp³-hybridized carbons (Fsp3) is 0.412. The molecule has 0 aliphatic carbocycles. The Hall–Kier alpha value is -1.55. The van der Waals surface area contributed by atoms with Crippen molar-refractivity contribution in [2.24, 2.45) is 0 Å². The Morgan fingerprint density at radius 3 is 2.52 bits per heavy atom. The van der Waals surface area contributed by atoms with Crippen molar-refractivity contribution in [1.29, 1.82) is 0 Å². The highest BCUT2D eigenvalue weighted by atomic mass is 32.2. The van der Waals surface area contributed by atoms with Crippen molar-refractivity contribution in [3.63, 3.8) is 0 Å². The predicted octanol–water partition coefficient (Wildman–Crippen LogP) is 3.00. The SMILES string of the molecule is Cc1cc2cc(C(=O)C[S+]3CCCC3)c(=O)oc2cc1C. The van der Waals surface area contributed by atoms with Gasteiger partial charge in [0.1, 0.15) is 22.7 Å². The van der Waals surface area contributed by atoms with Crippen molar-refractivity contribution in [1.82, 2.24) is 0 Å². The number of carbonyl (C=O) groups excluding carboxylic acids is 1. The van der Waals surface area contributed by atoms with Crippen molar-refractivity contribution in [2.45, 2.75) is 26.7 Å². The normalized spacial score (nSPS) is 15.7. The van der Waals surface area contributed by atoms with Crippen LogP contribution in [0.25, 0.3) is 11.0 Å². The molecule has 0 bridgehead atoms. The average Bonchev–Trinajstić information content (AvgIpc) is 2.93. The first-order valence-electron chi connectivity index (χ1n) is 7.27. The monoisotopic (exact) mass is 303 g/mol. The highest BCUT2D eigenvalue weighted by Gasteiger charge is 2.29. The summed E-state index contributed by atoms with van der Waals surface area (Å²) in [4.78, 5) is 24.4. The molecule has 21 heavy (non-hydrogen) atoms. The summed E-state index contributed by atoms with van der Waals surface area (Å²) in [6, 6.07) is 5.54. The van der Waals surface area contributed by atoms with Gasteiger partial charge < -0.3 is 4.42 Å². The van der Waals surface area contributed by atoms with E-state index in [-0.39, 0.29) is 22.2 Å². The van der Waals surface area contributed by atoms with Gasteiger partial charge >= 0.3 is 5.63 Å². The molecule has 0 N–H and O–H groups in total. The van der Waals surface area contributed by atoms with Crippen LogP contribution in [0.4, 0.5) is 0 Å². The van der Waals surface area contributed by atoms with Gasteiger partial charge in [0.15, 0.2) is 5.75 Å². The van der Waals surface area contributed by atoms with Crippen molar-refractivity contribution in [3.05, 3.63) is 45.3 Å². The molecule has 1 aliphatic heterocycles. The van der Waals surface area contributed by atoms with E-state index in [1.165, 1.54) is 12.8 Å². The summed E-state index contributed by atoms with van der Waals surface area (Å²) in [5, 5.41) is 0.829. The molecule has 0 radical (unpaired) electrons. The molecular formula is C17H19O3S+. The zero-order valence-corrected chi connectivity index (χ0v) is 13.2. The largest absolute Gasteiger partial charge is 0.422 e. The first-order valence-corrected chi connectivity index (χ1v) is 9.00. The van der Waals surface area contributed by atoms with Gasteiger partial charge in [0.25, 0.3) is 0 Å². The second-order valence-corrected chi connectivity index (χ2v) is 8.05. The third-order valence-electron chi connectivity index (χ3n) is 4.10. The summed E-state index contributed by atoms with van der Waals surface area (Å²) in [6.45, 7) is 4.00. The number of carbonyl (C=O) groups is 1. The highest BCUT2D eigenvalue weighted by molar-refractivity contribution is 7.97. The van der Waals surface area contributed by atoms with Gasteiger partial charge in [-0.1, -0.05) is 0 Å². The maximum atomic E-state index is 12.4. The smallest absolute Gasteiger partial charge is 0.347 e. The van der Waals surface area contributed by atoms with E-state index in [0.717, 1.165) is 28.0 Å². The van der Waals surface area contributed by atoms with Crippen LogP contribution in [-0.2, 0) is 10.9 Å². The van der Waals surface area contributed by atoms with Crippen LogP contribution in [0, 0.1) is 13.8 Å². The number of aryl methyl sites for hydroxylation is 2. The van der Waals surface area contributed by atoms with Crippen LogP contribution in [0.3, 0.4) is 0 Å². The lowest BCUT2D eigenvalue weighted by Crippen LogP contribution is -2.23. The summed E-state index contributed by atoms with van der Waals surface area (Å²) in [7, 11) is 0.162. The van der Waals surface area contributed by atoms with E-state index < -0.39 is 5.63 Å². The Balaban J connectivity index is 1.98. The Bertz CT molecular complexity index is 754. The molecule has 0 unspecified atom stereocenters. The molecular weight excluding hydrogens is 284 g/mol. The quantitative estimate of drug-likeness (QED) is 0.497. The first kappa shape index (κ1) is 14.4. The average molecular weight is 303 g/mol. The third kappa shape index (κ3) is 2.91. The van der Waals surface area contributed by atoms with E-state index in [9.17, 15) is 9.59 Å². The molecule has 110 valence electrons. The van der Waals surface area contributed by atoms with Gasteiger partial charge in [0.05, 0.1) is 0 Å². The van der Waals surface area contributed by atoms with E-state index in [2.05, 4.69) is 0 Å². The van der Waals surface area contributed by atoms with Gasteiger partial charge in [-0.15, -0.1) is 0 Å². The fourth-order valence-electron chi connectivity index (χ4n) is 2.70. The second-order valence-electron chi connectivity index (χ2n) is 5.72. The number of hydrogen-bond acceptors (Lipinski definition) is 3. The first-order chi connectivity index (χ1) is 10.0. The zero-order valence-electron chi connectivity index (χ0n) is 12.4. The minimum atomic E-state index is -0.501. The lowest BCUT2D eigenvalue weighted by molar-refractivity contribution is 0.101. The third-order valence-corrected chi connectivity index (χ3v) is 6.50. The number of fused-ring (bicyclic) bond motifs is 1.